The molecule has 2 atom stereocenters. The second kappa shape index (κ2) is 4.56. The Hall–Kier alpha value is -0.180. The molecule has 3 heteroatoms. The van der Waals surface area contributed by atoms with E-state index in [-0.39, 0.29) is 0 Å². The molecule has 0 aliphatic carbocycles. The first-order valence-electron chi connectivity index (χ1n) is 4.80. The van der Waals surface area contributed by atoms with Crippen LogP contribution in [0.3, 0.4) is 0 Å². The van der Waals surface area contributed by atoms with E-state index in [1.54, 1.807) is 0 Å². The lowest BCUT2D eigenvalue weighted by Gasteiger charge is -2.31. The monoisotopic (exact) mass is 227 g/mol. The molecule has 76 valence electrons. The van der Waals surface area contributed by atoms with Gasteiger partial charge in [-0.25, -0.2) is 0 Å². The molecular formula is C11H14ClNS. The predicted molar refractivity (Wildman–Crippen MR) is 62.7 cm³/mol. The van der Waals surface area contributed by atoms with E-state index in [0.717, 1.165) is 18.1 Å². The van der Waals surface area contributed by atoms with Crippen LogP contribution in [0.5, 0.6) is 0 Å². The standard InChI is InChI=1S/C11H14ClNS/c1-13-6-7-14-11(8-13)9-4-2-3-5-10(9)12/h2-5,11,13H,1,6-8H2. The van der Waals surface area contributed by atoms with Gasteiger partial charge in [0.25, 0.3) is 0 Å². The molecule has 2 unspecified atom stereocenters. The second-order valence-corrected chi connectivity index (χ2v) is 5.30. The zero-order valence-electron chi connectivity index (χ0n) is 8.00. The van der Waals surface area contributed by atoms with Gasteiger partial charge < -0.3 is 4.90 Å². The van der Waals surface area contributed by atoms with Crippen molar-refractivity contribution >= 4 is 23.4 Å². The maximum Gasteiger partial charge on any atom is 0.0782 e. The van der Waals surface area contributed by atoms with Crippen LogP contribution in [-0.4, -0.2) is 18.8 Å². The van der Waals surface area contributed by atoms with E-state index in [4.69, 9.17) is 11.6 Å². The van der Waals surface area contributed by atoms with Crippen LogP contribution in [0, 0.1) is 7.05 Å². The van der Waals surface area contributed by atoms with Crippen molar-refractivity contribution in [2.24, 2.45) is 0 Å². The number of halogens is 1. The van der Waals surface area contributed by atoms with Gasteiger partial charge in [0.1, 0.15) is 0 Å². The third-order valence-electron chi connectivity index (χ3n) is 2.50. The van der Waals surface area contributed by atoms with Crippen LogP contribution in [0.25, 0.3) is 0 Å². The summed E-state index contributed by atoms with van der Waals surface area (Å²) in [5.41, 5.74) is 1.26. The fraction of sp³-hybridized carbons (Fsp3) is 0.364. The second-order valence-electron chi connectivity index (χ2n) is 3.59. The molecule has 1 N–H and O–H groups in total. The van der Waals surface area contributed by atoms with Gasteiger partial charge in [-0.05, 0) is 11.6 Å². The first-order valence-corrected chi connectivity index (χ1v) is 6.23. The molecule has 1 nitrogen and oxygen atoms in total. The van der Waals surface area contributed by atoms with Gasteiger partial charge >= 0.3 is 0 Å². The number of nitrogens with one attached hydrogen (secondary N) is 1. The normalized spacial score (nSPS) is 27.6. The Kier molecular flexibility index (Phi) is 3.37. The Bertz CT molecular complexity index is 316. The molecule has 0 spiro atoms. The number of quaternary nitrogens is 1. The van der Waals surface area contributed by atoms with Gasteiger partial charge in [0.2, 0.25) is 0 Å². The van der Waals surface area contributed by atoms with Crippen molar-refractivity contribution in [3.05, 3.63) is 41.9 Å². The summed E-state index contributed by atoms with van der Waals surface area (Å²) in [6.07, 6.45) is 0. The molecule has 1 aromatic rings. The molecular weight excluding hydrogens is 214 g/mol. The number of hydrogen-bond acceptors (Lipinski definition) is 1. The lowest BCUT2D eigenvalue weighted by molar-refractivity contribution is -0.852. The maximum atomic E-state index is 6.16. The lowest BCUT2D eigenvalue weighted by Crippen LogP contribution is -3.08. The van der Waals surface area contributed by atoms with E-state index in [9.17, 15) is 0 Å². The van der Waals surface area contributed by atoms with E-state index in [1.165, 1.54) is 16.2 Å². The topological polar surface area (TPSA) is 4.44 Å². The van der Waals surface area contributed by atoms with Crippen LogP contribution < -0.4 is 4.90 Å². The summed E-state index contributed by atoms with van der Waals surface area (Å²) in [6, 6.07) is 8.13. The molecule has 0 amide bonds. The number of rotatable bonds is 1. The number of benzene rings is 1. The predicted octanol–water partition coefficient (Wildman–Crippen LogP) is 1.80. The number of hydrogen-bond donors (Lipinski definition) is 1. The van der Waals surface area contributed by atoms with E-state index >= 15 is 0 Å². The van der Waals surface area contributed by atoms with Crippen LogP contribution in [0.4, 0.5) is 0 Å². The van der Waals surface area contributed by atoms with Crippen molar-refractivity contribution in [3.63, 3.8) is 0 Å². The molecule has 2 rings (SSSR count). The lowest BCUT2D eigenvalue weighted by atomic mass is 10.1. The molecule has 1 aliphatic heterocycles. The molecule has 0 bridgehead atoms. The highest BCUT2D eigenvalue weighted by molar-refractivity contribution is 7.99. The minimum Gasteiger partial charge on any atom is -0.466 e. The van der Waals surface area contributed by atoms with Crippen molar-refractivity contribution in [1.82, 2.24) is 0 Å². The third kappa shape index (κ3) is 2.25. The van der Waals surface area contributed by atoms with E-state index in [2.05, 4.69) is 19.2 Å². The van der Waals surface area contributed by atoms with E-state index in [1.807, 2.05) is 23.9 Å². The summed E-state index contributed by atoms with van der Waals surface area (Å²) in [7, 11) is 4.06. The summed E-state index contributed by atoms with van der Waals surface area (Å²) < 4.78 is 0. The highest BCUT2D eigenvalue weighted by Crippen LogP contribution is 2.33. The van der Waals surface area contributed by atoms with Gasteiger partial charge in [-0.2, -0.15) is 7.05 Å². The highest BCUT2D eigenvalue weighted by Gasteiger charge is 2.21. The van der Waals surface area contributed by atoms with Gasteiger partial charge in [0.05, 0.1) is 18.3 Å². The smallest absolute Gasteiger partial charge is 0.0782 e. The quantitative estimate of drug-likeness (QED) is 0.717. The Labute approximate surface area is 94.4 Å². The average molecular weight is 228 g/mol. The third-order valence-corrected chi connectivity index (χ3v) is 4.11. The van der Waals surface area contributed by atoms with Crippen LogP contribution in [0.1, 0.15) is 10.8 Å². The van der Waals surface area contributed by atoms with E-state index in [0.29, 0.717) is 5.25 Å². The van der Waals surface area contributed by atoms with Crippen LogP contribution in [0.2, 0.25) is 5.02 Å². The Morgan fingerprint density at radius 3 is 2.93 bits per heavy atom. The van der Waals surface area contributed by atoms with Crippen molar-refractivity contribution in [2.45, 2.75) is 5.25 Å². The average Bonchev–Trinajstić information content (AvgIpc) is 2.18. The molecule has 1 fully saturated rings. The van der Waals surface area contributed by atoms with Crippen LogP contribution >= 0.6 is 23.4 Å². The largest absolute Gasteiger partial charge is 0.466 e. The molecule has 14 heavy (non-hydrogen) atoms. The van der Waals surface area contributed by atoms with Gasteiger partial charge in [0, 0.05) is 10.8 Å². The summed E-state index contributed by atoms with van der Waals surface area (Å²) in [4.78, 5) is 1.36. The Balaban J connectivity index is 2.18. The highest BCUT2D eigenvalue weighted by atomic mass is 35.5. The zero-order chi connectivity index (χ0) is 9.97. The summed E-state index contributed by atoms with van der Waals surface area (Å²) >= 11 is 8.15. The summed E-state index contributed by atoms with van der Waals surface area (Å²) in [6.45, 7) is 2.24. The maximum absolute atomic E-state index is 6.16. The van der Waals surface area contributed by atoms with Gasteiger partial charge in [0.15, 0.2) is 0 Å². The summed E-state index contributed by atoms with van der Waals surface area (Å²) in [5, 5.41) is 1.41. The fourth-order valence-corrected chi connectivity index (χ4v) is 3.47. The minimum atomic E-state index is 0.518. The number of thioether (sulfide) groups is 1. The fourth-order valence-electron chi connectivity index (χ4n) is 1.70. The molecule has 1 saturated heterocycles. The molecule has 0 saturated carbocycles. The zero-order valence-corrected chi connectivity index (χ0v) is 9.57. The van der Waals surface area contributed by atoms with Crippen molar-refractivity contribution in [3.8, 4) is 0 Å². The van der Waals surface area contributed by atoms with Gasteiger partial charge in [-0.3, -0.25) is 0 Å². The first-order chi connectivity index (χ1) is 6.77. The molecule has 1 heterocycles. The van der Waals surface area contributed by atoms with Crippen molar-refractivity contribution < 1.29 is 4.90 Å². The van der Waals surface area contributed by atoms with Crippen LogP contribution in [-0.2, 0) is 0 Å². The Morgan fingerprint density at radius 2 is 2.21 bits per heavy atom. The van der Waals surface area contributed by atoms with E-state index < -0.39 is 0 Å². The van der Waals surface area contributed by atoms with Crippen LogP contribution in [0.15, 0.2) is 24.3 Å². The molecule has 1 aliphatic rings. The summed E-state index contributed by atoms with van der Waals surface area (Å²) in [5.74, 6) is 1.18. The van der Waals surface area contributed by atoms with Gasteiger partial charge in [-0.1, -0.05) is 29.8 Å². The first kappa shape index (κ1) is 10.3. The molecule has 0 radical (unpaired) electrons. The van der Waals surface area contributed by atoms with Gasteiger partial charge in [-0.15, -0.1) is 11.8 Å². The minimum absolute atomic E-state index is 0.518. The molecule has 1 aromatic carbocycles. The van der Waals surface area contributed by atoms with Crippen molar-refractivity contribution in [1.29, 1.82) is 0 Å². The Morgan fingerprint density at radius 1 is 1.43 bits per heavy atom. The molecule has 0 aromatic heterocycles. The SMILES string of the molecule is [CH2-][NH+]1CCSC(c2ccccc2Cl)C1. The van der Waals surface area contributed by atoms with Crippen molar-refractivity contribution in [2.75, 3.05) is 18.8 Å².